The van der Waals surface area contributed by atoms with Crippen molar-refractivity contribution in [3.63, 3.8) is 0 Å². The molecular formula is C19H19NO5. The van der Waals surface area contributed by atoms with Crippen LogP contribution in [0.2, 0.25) is 0 Å². The fourth-order valence-corrected chi connectivity index (χ4v) is 2.18. The van der Waals surface area contributed by atoms with Crippen LogP contribution in [0.15, 0.2) is 48.5 Å². The molecule has 1 amide bonds. The highest BCUT2D eigenvalue weighted by atomic mass is 16.5. The van der Waals surface area contributed by atoms with E-state index in [1.54, 1.807) is 36.4 Å². The minimum Gasteiger partial charge on any atom is -0.507 e. The summed E-state index contributed by atoms with van der Waals surface area (Å²) in [5.74, 6) is -1.36. The second-order valence-electron chi connectivity index (χ2n) is 5.45. The number of nitrogens with one attached hydrogen (secondary N) is 1. The second-order valence-corrected chi connectivity index (χ2v) is 5.45. The van der Waals surface area contributed by atoms with Crippen LogP contribution < -0.4 is 5.32 Å². The first kappa shape index (κ1) is 18.2. The number of hydrogen-bond acceptors (Lipinski definition) is 5. The Kier molecular flexibility index (Phi) is 6.28. The van der Waals surface area contributed by atoms with Crippen LogP contribution in [0.1, 0.15) is 33.2 Å². The van der Waals surface area contributed by atoms with Gasteiger partial charge in [0.25, 0.3) is 0 Å². The maximum Gasteiger partial charge on any atom is 0.342 e. The third-order valence-corrected chi connectivity index (χ3v) is 3.52. The smallest absolute Gasteiger partial charge is 0.342 e. The number of ether oxygens (including phenoxy) is 1. The highest BCUT2D eigenvalue weighted by Gasteiger charge is 2.14. The van der Waals surface area contributed by atoms with E-state index < -0.39 is 12.6 Å². The highest BCUT2D eigenvalue weighted by molar-refractivity contribution is 5.99. The van der Waals surface area contributed by atoms with E-state index in [9.17, 15) is 19.5 Å². The Morgan fingerprint density at radius 3 is 2.36 bits per heavy atom. The molecule has 0 saturated heterocycles. The van der Waals surface area contributed by atoms with Gasteiger partial charge in [-0.25, -0.2) is 4.79 Å². The summed E-state index contributed by atoms with van der Waals surface area (Å²) in [5.41, 5.74) is 1.42. The summed E-state index contributed by atoms with van der Waals surface area (Å²) in [4.78, 5) is 34.8. The van der Waals surface area contributed by atoms with Crippen molar-refractivity contribution >= 4 is 17.7 Å². The average Bonchev–Trinajstić information content (AvgIpc) is 2.60. The lowest BCUT2D eigenvalue weighted by Crippen LogP contribution is -2.22. The number of rotatable bonds is 7. The SMILES string of the molecule is CC(=O)NCCc1ccc(C(=O)COC(=O)c2ccccc2O)cc1. The maximum atomic E-state index is 12.1. The Morgan fingerprint density at radius 2 is 1.72 bits per heavy atom. The van der Waals surface area contributed by atoms with Gasteiger partial charge in [0.2, 0.25) is 5.91 Å². The number of benzene rings is 2. The number of carbonyl (C=O) groups excluding carboxylic acids is 3. The van der Waals surface area contributed by atoms with E-state index in [4.69, 9.17) is 4.74 Å². The molecule has 2 rings (SSSR count). The Morgan fingerprint density at radius 1 is 1.04 bits per heavy atom. The van der Waals surface area contributed by atoms with Crippen LogP contribution in [-0.4, -0.2) is 35.9 Å². The van der Waals surface area contributed by atoms with Crippen LogP contribution in [0.5, 0.6) is 5.75 Å². The summed E-state index contributed by atoms with van der Waals surface area (Å²) in [7, 11) is 0. The molecule has 2 aromatic carbocycles. The van der Waals surface area contributed by atoms with E-state index in [-0.39, 0.29) is 23.0 Å². The summed E-state index contributed by atoms with van der Waals surface area (Å²) in [5, 5.41) is 12.3. The quantitative estimate of drug-likeness (QED) is 0.594. The first-order valence-corrected chi connectivity index (χ1v) is 7.79. The Hall–Kier alpha value is -3.15. The summed E-state index contributed by atoms with van der Waals surface area (Å²) in [6.07, 6.45) is 0.663. The zero-order valence-corrected chi connectivity index (χ0v) is 13.8. The van der Waals surface area contributed by atoms with Crippen LogP contribution in [0.3, 0.4) is 0 Å². The van der Waals surface area contributed by atoms with Crippen molar-refractivity contribution in [3.05, 3.63) is 65.2 Å². The number of amides is 1. The van der Waals surface area contributed by atoms with Gasteiger partial charge in [0.15, 0.2) is 12.4 Å². The van der Waals surface area contributed by atoms with Crippen LogP contribution in [-0.2, 0) is 16.0 Å². The zero-order valence-electron chi connectivity index (χ0n) is 13.8. The van der Waals surface area contributed by atoms with Gasteiger partial charge in [-0.3, -0.25) is 9.59 Å². The Bertz CT molecular complexity index is 768. The molecule has 130 valence electrons. The number of phenolic OH excluding ortho intramolecular Hbond substituents is 1. The monoisotopic (exact) mass is 341 g/mol. The van der Waals surface area contributed by atoms with Gasteiger partial charge in [-0.1, -0.05) is 36.4 Å². The van der Waals surface area contributed by atoms with Crippen LogP contribution in [0.4, 0.5) is 0 Å². The molecule has 0 fully saturated rings. The molecule has 0 atom stereocenters. The van der Waals surface area contributed by atoms with Gasteiger partial charge in [0.1, 0.15) is 11.3 Å². The van der Waals surface area contributed by atoms with Crippen molar-refractivity contribution in [2.45, 2.75) is 13.3 Å². The standard InChI is InChI=1S/C19H19NO5/c1-13(21)20-11-10-14-6-8-15(9-7-14)18(23)12-25-19(24)16-4-2-3-5-17(16)22/h2-9,22H,10-12H2,1H3,(H,20,21). The Labute approximate surface area is 145 Å². The summed E-state index contributed by atoms with van der Waals surface area (Å²) in [6.45, 7) is 1.58. The number of para-hydroxylation sites is 1. The van der Waals surface area contributed by atoms with Crippen molar-refractivity contribution < 1.29 is 24.2 Å². The third kappa shape index (κ3) is 5.46. The fraction of sp³-hybridized carbons (Fsp3) is 0.211. The number of esters is 1. The molecule has 6 heteroatoms. The number of phenols is 1. The lowest BCUT2D eigenvalue weighted by molar-refractivity contribution is -0.118. The minimum atomic E-state index is -0.752. The first-order valence-electron chi connectivity index (χ1n) is 7.79. The molecule has 2 N–H and O–H groups in total. The molecule has 0 unspecified atom stereocenters. The number of carbonyl (C=O) groups is 3. The molecule has 0 saturated carbocycles. The van der Waals surface area contributed by atoms with Crippen molar-refractivity contribution in [2.75, 3.05) is 13.2 Å². The van der Waals surface area contributed by atoms with E-state index in [0.717, 1.165) is 5.56 Å². The van der Waals surface area contributed by atoms with Gasteiger partial charge in [-0.05, 0) is 24.1 Å². The Balaban J connectivity index is 1.87. The van der Waals surface area contributed by atoms with Crippen LogP contribution >= 0.6 is 0 Å². The number of Topliss-reactive ketones (excluding diaryl/α,β-unsaturated/α-hetero) is 1. The first-order chi connectivity index (χ1) is 12.0. The van der Waals surface area contributed by atoms with Crippen molar-refractivity contribution in [1.82, 2.24) is 5.32 Å². The zero-order chi connectivity index (χ0) is 18.2. The van der Waals surface area contributed by atoms with E-state index in [2.05, 4.69) is 5.32 Å². The summed E-state index contributed by atoms with van der Waals surface area (Å²) >= 11 is 0. The van der Waals surface area contributed by atoms with Gasteiger partial charge < -0.3 is 15.2 Å². The van der Waals surface area contributed by atoms with Gasteiger partial charge in [-0.15, -0.1) is 0 Å². The molecule has 0 heterocycles. The minimum absolute atomic E-state index is 0.0172. The predicted molar refractivity (Wildman–Crippen MR) is 91.5 cm³/mol. The third-order valence-electron chi connectivity index (χ3n) is 3.52. The van der Waals surface area contributed by atoms with Crippen molar-refractivity contribution in [2.24, 2.45) is 0 Å². The highest BCUT2D eigenvalue weighted by Crippen LogP contribution is 2.16. The van der Waals surface area contributed by atoms with Crippen molar-refractivity contribution in [3.8, 4) is 5.75 Å². The molecule has 0 spiro atoms. The lowest BCUT2D eigenvalue weighted by atomic mass is 10.1. The molecule has 0 aliphatic rings. The topological polar surface area (TPSA) is 92.7 Å². The van der Waals surface area contributed by atoms with Gasteiger partial charge in [0.05, 0.1) is 0 Å². The molecule has 0 aliphatic heterocycles. The van der Waals surface area contributed by atoms with Gasteiger partial charge in [-0.2, -0.15) is 0 Å². The van der Waals surface area contributed by atoms with Gasteiger partial charge >= 0.3 is 5.97 Å². The molecule has 0 aliphatic carbocycles. The van der Waals surface area contributed by atoms with E-state index in [1.807, 2.05) is 0 Å². The van der Waals surface area contributed by atoms with E-state index in [1.165, 1.54) is 19.1 Å². The van der Waals surface area contributed by atoms with E-state index >= 15 is 0 Å². The van der Waals surface area contributed by atoms with Crippen LogP contribution in [0, 0.1) is 0 Å². The lowest BCUT2D eigenvalue weighted by Gasteiger charge is -2.07. The number of aromatic hydroxyl groups is 1. The second kappa shape index (κ2) is 8.63. The molecule has 6 nitrogen and oxygen atoms in total. The van der Waals surface area contributed by atoms with Gasteiger partial charge in [0, 0.05) is 19.0 Å². The van der Waals surface area contributed by atoms with E-state index in [0.29, 0.717) is 18.5 Å². The molecule has 0 aromatic heterocycles. The predicted octanol–water partition coefficient (Wildman–Crippen LogP) is 2.11. The molecular weight excluding hydrogens is 322 g/mol. The number of ketones is 1. The van der Waals surface area contributed by atoms with Crippen molar-refractivity contribution in [1.29, 1.82) is 0 Å². The summed E-state index contributed by atoms with van der Waals surface area (Å²) < 4.78 is 4.95. The largest absolute Gasteiger partial charge is 0.507 e. The molecule has 25 heavy (non-hydrogen) atoms. The maximum absolute atomic E-state index is 12.1. The summed E-state index contributed by atoms with van der Waals surface area (Å²) in [6, 6.07) is 12.9. The fourth-order valence-electron chi connectivity index (χ4n) is 2.18. The van der Waals surface area contributed by atoms with Crippen LogP contribution in [0.25, 0.3) is 0 Å². The normalized spacial score (nSPS) is 10.1. The molecule has 2 aromatic rings. The molecule has 0 bridgehead atoms. The average molecular weight is 341 g/mol. The number of hydrogen-bond donors (Lipinski definition) is 2. The molecule has 0 radical (unpaired) electrons.